The smallest absolute Gasteiger partial charge is 0.175 e. The fourth-order valence-electron chi connectivity index (χ4n) is 2.91. The predicted molar refractivity (Wildman–Crippen MR) is 104 cm³/mol. The first-order valence-corrected chi connectivity index (χ1v) is 10.5. The number of nitrogens with zero attached hydrogens (tertiary/aromatic N) is 1. The Bertz CT molecular complexity index is 1200. The first-order chi connectivity index (χ1) is 12.4. The highest BCUT2D eigenvalue weighted by molar-refractivity contribution is 7.90. The van der Waals surface area contributed by atoms with Crippen molar-refractivity contribution in [3.63, 3.8) is 0 Å². The van der Waals surface area contributed by atoms with Gasteiger partial charge in [0.05, 0.1) is 9.60 Å². The van der Waals surface area contributed by atoms with Gasteiger partial charge in [0, 0.05) is 17.8 Å². The molecular weight excluding hydrogens is 369 g/mol. The molecule has 0 aliphatic carbocycles. The van der Waals surface area contributed by atoms with E-state index in [1.54, 1.807) is 36.4 Å². The van der Waals surface area contributed by atoms with Gasteiger partial charge in [-0.3, -0.25) is 0 Å². The SMILES string of the molecule is CS(=O)(=O)c1ccc(-c2cc3sncc3cc2-c2ccc(F)cc2)cc1. The van der Waals surface area contributed by atoms with Crippen molar-refractivity contribution in [2.45, 2.75) is 4.90 Å². The monoisotopic (exact) mass is 383 g/mol. The Morgan fingerprint density at radius 2 is 1.46 bits per heavy atom. The second kappa shape index (κ2) is 6.30. The lowest BCUT2D eigenvalue weighted by Gasteiger charge is -2.11. The Kier molecular flexibility index (Phi) is 4.09. The number of hydrogen-bond donors (Lipinski definition) is 0. The average Bonchev–Trinajstić information content (AvgIpc) is 3.08. The molecule has 0 saturated heterocycles. The second-order valence-corrected chi connectivity index (χ2v) is 8.91. The van der Waals surface area contributed by atoms with Gasteiger partial charge >= 0.3 is 0 Å². The van der Waals surface area contributed by atoms with Crippen LogP contribution in [0.5, 0.6) is 0 Å². The van der Waals surface area contributed by atoms with Crippen LogP contribution >= 0.6 is 11.5 Å². The van der Waals surface area contributed by atoms with Crippen LogP contribution < -0.4 is 0 Å². The third kappa shape index (κ3) is 3.13. The molecule has 4 aromatic rings. The van der Waals surface area contributed by atoms with Gasteiger partial charge < -0.3 is 0 Å². The van der Waals surface area contributed by atoms with E-state index in [1.807, 2.05) is 18.3 Å². The summed E-state index contributed by atoms with van der Waals surface area (Å²) in [7, 11) is -3.24. The fourth-order valence-corrected chi connectivity index (χ4v) is 4.20. The topological polar surface area (TPSA) is 47.0 Å². The van der Waals surface area contributed by atoms with Gasteiger partial charge in [-0.15, -0.1) is 0 Å². The molecule has 0 unspecified atom stereocenters. The lowest BCUT2D eigenvalue weighted by molar-refractivity contribution is 0.602. The van der Waals surface area contributed by atoms with Gasteiger partial charge in [-0.1, -0.05) is 24.3 Å². The van der Waals surface area contributed by atoms with Crippen molar-refractivity contribution < 1.29 is 12.8 Å². The summed E-state index contributed by atoms with van der Waals surface area (Å²) in [6, 6.07) is 17.2. The molecule has 0 amide bonds. The van der Waals surface area contributed by atoms with E-state index in [0.717, 1.165) is 32.3 Å². The van der Waals surface area contributed by atoms with E-state index >= 15 is 0 Å². The Hall–Kier alpha value is -2.57. The molecular formula is C20H14FNO2S2. The molecule has 0 saturated carbocycles. The van der Waals surface area contributed by atoms with E-state index in [2.05, 4.69) is 4.37 Å². The van der Waals surface area contributed by atoms with Crippen LogP contribution in [0.1, 0.15) is 0 Å². The lowest BCUT2D eigenvalue weighted by Crippen LogP contribution is -1.96. The molecule has 0 aliphatic heterocycles. The Balaban J connectivity index is 1.93. The minimum Gasteiger partial charge on any atom is -0.224 e. The molecule has 0 spiro atoms. The zero-order valence-electron chi connectivity index (χ0n) is 13.8. The number of aromatic nitrogens is 1. The van der Waals surface area contributed by atoms with Crippen molar-refractivity contribution in [2.75, 3.05) is 6.26 Å². The van der Waals surface area contributed by atoms with Gasteiger partial charge in [0.15, 0.2) is 9.84 Å². The van der Waals surface area contributed by atoms with E-state index in [0.29, 0.717) is 0 Å². The molecule has 4 rings (SSSR count). The summed E-state index contributed by atoms with van der Waals surface area (Å²) in [5, 5.41) is 1.02. The zero-order chi connectivity index (χ0) is 18.3. The highest BCUT2D eigenvalue weighted by Gasteiger charge is 2.13. The maximum Gasteiger partial charge on any atom is 0.175 e. The van der Waals surface area contributed by atoms with E-state index in [4.69, 9.17) is 0 Å². The quantitative estimate of drug-likeness (QED) is 0.490. The number of hydrogen-bond acceptors (Lipinski definition) is 4. The Morgan fingerprint density at radius 1 is 0.885 bits per heavy atom. The van der Waals surface area contributed by atoms with Gasteiger partial charge in [-0.25, -0.2) is 12.8 Å². The van der Waals surface area contributed by atoms with Crippen LogP contribution in [0.15, 0.2) is 71.8 Å². The van der Waals surface area contributed by atoms with E-state index in [1.165, 1.54) is 29.9 Å². The van der Waals surface area contributed by atoms with Crippen LogP contribution in [-0.2, 0) is 9.84 Å². The number of sulfone groups is 1. The van der Waals surface area contributed by atoms with Crippen molar-refractivity contribution in [3.8, 4) is 22.3 Å². The molecule has 130 valence electrons. The predicted octanol–water partition coefficient (Wildman–Crippen LogP) is 5.17. The minimum absolute atomic E-state index is 0.281. The van der Waals surface area contributed by atoms with Crippen LogP contribution in [0, 0.1) is 5.82 Å². The molecule has 0 aliphatic rings. The number of halogens is 1. The van der Waals surface area contributed by atoms with Crippen LogP contribution in [0.2, 0.25) is 0 Å². The number of rotatable bonds is 3. The van der Waals surface area contributed by atoms with Crippen molar-refractivity contribution >= 4 is 31.5 Å². The van der Waals surface area contributed by atoms with Crippen molar-refractivity contribution in [3.05, 3.63) is 72.7 Å². The van der Waals surface area contributed by atoms with Crippen LogP contribution in [0.3, 0.4) is 0 Å². The standard InChI is InChI=1S/C20H14FNO2S2/c1-26(23,24)17-8-4-14(5-9-17)19-11-20-15(12-22-25-20)10-18(19)13-2-6-16(21)7-3-13/h2-12H,1H3. The molecule has 0 bridgehead atoms. The molecule has 1 heterocycles. The molecule has 6 heteroatoms. The van der Waals surface area contributed by atoms with Gasteiger partial charge in [0.2, 0.25) is 0 Å². The largest absolute Gasteiger partial charge is 0.224 e. The van der Waals surface area contributed by atoms with E-state index < -0.39 is 9.84 Å². The molecule has 0 fully saturated rings. The molecule has 1 aromatic heterocycles. The Morgan fingerprint density at radius 3 is 2.08 bits per heavy atom. The normalized spacial score (nSPS) is 11.8. The fraction of sp³-hybridized carbons (Fsp3) is 0.0500. The average molecular weight is 383 g/mol. The second-order valence-electron chi connectivity index (χ2n) is 6.06. The minimum atomic E-state index is -3.24. The van der Waals surface area contributed by atoms with E-state index in [9.17, 15) is 12.8 Å². The molecule has 3 aromatic carbocycles. The zero-order valence-corrected chi connectivity index (χ0v) is 15.4. The third-order valence-corrected chi connectivity index (χ3v) is 6.13. The summed E-state index contributed by atoms with van der Waals surface area (Å²) in [4.78, 5) is 0.281. The van der Waals surface area contributed by atoms with Crippen molar-refractivity contribution in [1.29, 1.82) is 0 Å². The summed E-state index contributed by atoms with van der Waals surface area (Å²) in [6.45, 7) is 0. The molecule has 0 N–H and O–H groups in total. The summed E-state index contributed by atoms with van der Waals surface area (Å²) in [5.74, 6) is -0.286. The number of benzene rings is 3. The third-order valence-electron chi connectivity index (χ3n) is 4.24. The van der Waals surface area contributed by atoms with Gasteiger partial charge in [-0.2, -0.15) is 4.37 Å². The van der Waals surface area contributed by atoms with Crippen LogP contribution in [-0.4, -0.2) is 19.0 Å². The summed E-state index contributed by atoms with van der Waals surface area (Å²) >= 11 is 1.40. The maximum absolute atomic E-state index is 13.3. The van der Waals surface area contributed by atoms with Crippen LogP contribution in [0.25, 0.3) is 32.3 Å². The highest BCUT2D eigenvalue weighted by Crippen LogP contribution is 2.37. The summed E-state index contributed by atoms with van der Waals surface area (Å²) in [6.07, 6.45) is 3.00. The molecule has 0 radical (unpaired) electrons. The molecule has 0 atom stereocenters. The maximum atomic E-state index is 13.3. The van der Waals surface area contributed by atoms with Gasteiger partial charge in [0.25, 0.3) is 0 Å². The highest BCUT2D eigenvalue weighted by atomic mass is 32.2. The molecule has 3 nitrogen and oxygen atoms in total. The first-order valence-electron chi connectivity index (χ1n) is 7.87. The number of fused-ring (bicyclic) bond motifs is 1. The summed E-state index contributed by atoms with van der Waals surface area (Å²) in [5.41, 5.74) is 3.69. The van der Waals surface area contributed by atoms with Crippen LogP contribution in [0.4, 0.5) is 4.39 Å². The summed E-state index contributed by atoms with van der Waals surface area (Å²) < 4.78 is 42.0. The van der Waals surface area contributed by atoms with Crippen molar-refractivity contribution in [1.82, 2.24) is 4.37 Å². The Labute approximate surface area is 154 Å². The van der Waals surface area contributed by atoms with Gasteiger partial charge in [0.1, 0.15) is 5.82 Å². The van der Waals surface area contributed by atoms with E-state index in [-0.39, 0.29) is 10.7 Å². The van der Waals surface area contributed by atoms with Gasteiger partial charge in [-0.05, 0) is 70.2 Å². The lowest BCUT2D eigenvalue weighted by atomic mass is 9.93. The first kappa shape index (κ1) is 16.9. The molecule has 26 heavy (non-hydrogen) atoms. The van der Waals surface area contributed by atoms with Crippen molar-refractivity contribution in [2.24, 2.45) is 0 Å².